The highest BCUT2D eigenvalue weighted by molar-refractivity contribution is 6.31. The van der Waals surface area contributed by atoms with Crippen LogP contribution in [-0.2, 0) is 16.1 Å². The zero-order chi connectivity index (χ0) is 26.6. The number of oxazole rings is 1. The lowest BCUT2D eigenvalue weighted by Gasteiger charge is -2.27. The van der Waals surface area contributed by atoms with Crippen LogP contribution in [0.2, 0.25) is 5.02 Å². The molecule has 0 aliphatic carbocycles. The number of hydrogen-bond acceptors (Lipinski definition) is 8. The lowest BCUT2D eigenvalue weighted by Crippen LogP contribution is -2.39. The van der Waals surface area contributed by atoms with Crippen LogP contribution in [-0.4, -0.2) is 29.9 Å². The summed E-state index contributed by atoms with van der Waals surface area (Å²) < 4.78 is 10.6. The van der Waals surface area contributed by atoms with Gasteiger partial charge in [0.1, 0.15) is 11.6 Å². The van der Waals surface area contributed by atoms with Crippen LogP contribution in [0.1, 0.15) is 34.5 Å². The van der Waals surface area contributed by atoms with E-state index in [1.165, 1.54) is 7.11 Å². The van der Waals surface area contributed by atoms with Crippen molar-refractivity contribution in [1.82, 2.24) is 15.6 Å². The van der Waals surface area contributed by atoms with Gasteiger partial charge in [0.2, 0.25) is 5.96 Å². The number of allylic oxidation sites excluding steroid dienone is 1. The molecule has 3 N–H and O–H groups in total. The Morgan fingerprint density at radius 2 is 1.79 bits per heavy atom. The molecule has 2 heterocycles. The predicted octanol–water partition coefficient (Wildman–Crippen LogP) is 4.97. The van der Waals surface area contributed by atoms with Gasteiger partial charge in [-0.05, 0) is 36.8 Å². The van der Waals surface area contributed by atoms with E-state index in [4.69, 9.17) is 25.7 Å². The van der Waals surface area contributed by atoms with E-state index < -0.39 is 12.0 Å². The van der Waals surface area contributed by atoms with Gasteiger partial charge in [-0.15, -0.1) is 0 Å². The minimum Gasteiger partial charge on any atom is -0.465 e. The summed E-state index contributed by atoms with van der Waals surface area (Å²) in [4.78, 5) is 34.9. The summed E-state index contributed by atoms with van der Waals surface area (Å²) in [6.07, 6.45) is 0. The molecule has 0 saturated heterocycles. The van der Waals surface area contributed by atoms with Crippen LogP contribution in [0.25, 0.3) is 11.1 Å². The van der Waals surface area contributed by atoms with E-state index in [0.29, 0.717) is 50.0 Å². The van der Waals surface area contributed by atoms with Crippen molar-refractivity contribution in [2.45, 2.75) is 19.5 Å². The molecule has 0 spiro atoms. The van der Waals surface area contributed by atoms with Crippen molar-refractivity contribution in [2.75, 3.05) is 12.4 Å². The van der Waals surface area contributed by atoms with Gasteiger partial charge in [0.25, 0.3) is 5.91 Å². The Hall–Kier alpha value is -4.63. The number of amides is 1. The average molecular weight is 530 g/mol. The van der Waals surface area contributed by atoms with Crippen molar-refractivity contribution in [3.05, 3.63) is 106 Å². The number of para-hydroxylation sites is 2. The number of aliphatic imine (C=N–C) groups is 1. The molecule has 1 aliphatic rings. The number of anilines is 1. The van der Waals surface area contributed by atoms with E-state index in [1.54, 1.807) is 37.3 Å². The van der Waals surface area contributed by atoms with Crippen LogP contribution >= 0.6 is 11.6 Å². The molecule has 3 aromatic carbocycles. The second-order valence-electron chi connectivity index (χ2n) is 8.51. The molecule has 0 fully saturated rings. The standard InChI is InChI=1S/C28H24ClN5O4/c1-16-23(25(35)30-15-17-9-3-4-10-18(17)26(36)37-2)24(19-11-5-6-12-20(19)29)33-27(31-16)34-28-32-21-13-7-8-14-22(21)38-28/h3-14,24H,15H2,1-2H3,(H,30,35)(H2,31,32,33,34). The predicted molar refractivity (Wildman–Crippen MR) is 145 cm³/mol. The van der Waals surface area contributed by atoms with Gasteiger partial charge in [-0.1, -0.05) is 60.1 Å². The Bertz CT molecular complexity index is 1560. The van der Waals surface area contributed by atoms with E-state index in [1.807, 2.05) is 42.5 Å². The Morgan fingerprint density at radius 3 is 2.58 bits per heavy atom. The van der Waals surface area contributed by atoms with Gasteiger partial charge in [0.05, 0.1) is 18.2 Å². The third-order valence-electron chi connectivity index (χ3n) is 6.07. The fourth-order valence-electron chi connectivity index (χ4n) is 4.24. The third kappa shape index (κ3) is 5.09. The van der Waals surface area contributed by atoms with Gasteiger partial charge in [0.15, 0.2) is 5.58 Å². The number of hydrogen-bond donors (Lipinski definition) is 3. The zero-order valence-electron chi connectivity index (χ0n) is 20.6. The molecule has 1 atom stereocenters. The average Bonchev–Trinajstić information content (AvgIpc) is 3.33. The van der Waals surface area contributed by atoms with Crippen molar-refractivity contribution in [3.63, 3.8) is 0 Å². The number of nitrogens with zero attached hydrogens (tertiary/aromatic N) is 2. The number of esters is 1. The number of benzene rings is 3. The summed E-state index contributed by atoms with van der Waals surface area (Å²) in [6, 6.07) is 21.1. The molecule has 1 aliphatic heterocycles. The summed E-state index contributed by atoms with van der Waals surface area (Å²) in [5, 5.41) is 9.58. The molecule has 10 heteroatoms. The molecule has 5 rings (SSSR count). The number of carbonyl (C=O) groups is 2. The monoisotopic (exact) mass is 529 g/mol. The van der Waals surface area contributed by atoms with Gasteiger partial charge in [-0.2, -0.15) is 4.98 Å². The van der Waals surface area contributed by atoms with E-state index in [0.717, 1.165) is 0 Å². The van der Waals surface area contributed by atoms with Gasteiger partial charge < -0.3 is 19.8 Å². The number of rotatable bonds is 6. The molecule has 1 unspecified atom stereocenters. The number of fused-ring (bicyclic) bond motifs is 1. The van der Waals surface area contributed by atoms with Crippen molar-refractivity contribution < 1.29 is 18.7 Å². The Balaban J connectivity index is 1.43. The molecular formula is C28H24ClN5O4. The SMILES string of the molecule is COC(=O)c1ccccc1CNC(=O)C1=C(C)NC(Nc2nc3ccccc3o2)=NC1c1ccccc1Cl. The van der Waals surface area contributed by atoms with E-state index >= 15 is 0 Å². The molecule has 0 radical (unpaired) electrons. The first-order chi connectivity index (χ1) is 18.4. The summed E-state index contributed by atoms with van der Waals surface area (Å²) in [7, 11) is 1.32. The quantitative estimate of drug-likeness (QED) is 0.302. The molecule has 38 heavy (non-hydrogen) atoms. The smallest absolute Gasteiger partial charge is 0.338 e. The van der Waals surface area contributed by atoms with Crippen LogP contribution < -0.4 is 16.0 Å². The maximum atomic E-state index is 13.5. The first-order valence-electron chi connectivity index (χ1n) is 11.8. The van der Waals surface area contributed by atoms with Crippen LogP contribution in [0, 0.1) is 0 Å². The molecule has 1 amide bonds. The fraction of sp³-hybridized carbons (Fsp3) is 0.143. The summed E-state index contributed by atoms with van der Waals surface area (Å²) in [5.41, 5.74) is 3.97. The first kappa shape index (κ1) is 25.0. The second kappa shape index (κ2) is 10.8. The molecular weight excluding hydrogens is 506 g/mol. The molecule has 9 nitrogen and oxygen atoms in total. The number of ether oxygens (including phenoxy) is 1. The van der Waals surface area contributed by atoms with Crippen LogP contribution in [0.5, 0.6) is 0 Å². The number of aromatic nitrogens is 1. The molecule has 1 aromatic heterocycles. The molecule has 4 aromatic rings. The van der Waals surface area contributed by atoms with Gasteiger partial charge in [0, 0.05) is 22.8 Å². The highest BCUT2D eigenvalue weighted by Crippen LogP contribution is 2.35. The third-order valence-corrected chi connectivity index (χ3v) is 6.41. The zero-order valence-corrected chi connectivity index (χ0v) is 21.4. The van der Waals surface area contributed by atoms with E-state index in [9.17, 15) is 9.59 Å². The normalized spacial score (nSPS) is 15.0. The number of nitrogens with one attached hydrogen (secondary N) is 3. The van der Waals surface area contributed by atoms with E-state index in [2.05, 4.69) is 20.9 Å². The Kier molecular flexibility index (Phi) is 7.10. The number of methoxy groups -OCH3 is 1. The minimum absolute atomic E-state index is 0.119. The number of halogens is 1. The maximum absolute atomic E-state index is 13.5. The highest BCUT2D eigenvalue weighted by Gasteiger charge is 2.31. The number of carbonyl (C=O) groups excluding carboxylic acids is 2. The first-order valence-corrected chi connectivity index (χ1v) is 12.2. The summed E-state index contributed by atoms with van der Waals surface area (Å²) >= 11 is 6.53. The lowest BCUT2D eigenvalue weighted by atomic mass is 9.95. The second-order valence-corrected chi connectivity index (χ2v) is 8.92. The summed E-state index contributed by atoms with van der Waals surface area (Å²) in [5.74, 6) is -0.478. The van der Waals surface area contributed by atoms with Crippen molar-refractivity contribution in [1.29, 1.82) is 0 Å². The molecule has 0 saturated carbocycles. The van der Waals surface area contributed by atoms with Crippen LogP contribution in [0.4, 0.5) is 6.01 Å². The fourth-order valence-corrected chi connectivity index (χ4v) is 4.48. The van der Waals surface area contributed by atoms with Crippen molar-refractivity contribution >= 4 is 46.6 Å². The largest absolute Gasteiger partial charge is 0.465 e. The maximum Gasteiger partial charge on any atom is 0.338 e. The van der Waals surface area contributed by atoms with Crippen molar-refractivity contribution in [3.8, 4) is 0 Å². The molecule has 0 bridgehead atoms. The van der Waals surface area contributed by atoms with Crippen molar-refractivity contribution in [2.24, 2.45) is 4.99 Å². The Morgan fingerprint density at radius 1 is 1.05 bits per heavy atom. The lowest BCUT2D eigenvalue weighted by molar-refractivity contribution is -0.118. The van der Waals surface area contributed by atoms with Crippen LogP contribution in [0.15, 0.2) is 93.5 Å². The summed E-state index contributed by atoms with van der Waals surface area (Å²) in [6.45, 7) is 1.90. The van der Waals surface area contributed by atoms with Gasteiger partial charge in [-0.25, -0.2) is 9.79 Å². The van der Waals surface area contributed by atoms with E-state index in [-0.39, 0.29) is 18.5 Å². The minimum atomic E-state index is -0.715. The topological polar surface area (TPSA) is 118 Å². The molecule has 192 valence electrons. The van der Waals surface area contributed by atoms with Crippen LogP contribution in [0.3, 0.4) is 0 Å². The van der Waals surface area contributed by atoms with Gasteiger partial charge >= 0.3 is 12.0 Å². The highest BCUT2D eigenvalue weighted by atomic mass is 35.5. The Labute approximate surface area is 223 Å². The van der Waals surface area contributed by atoms with Gasteiger partial charge in [-0.3, -0.25) is 10.1 Å². The number of guanidine groups is 1.